The van der Waals surface area contributed by atoms with Crippen LogP contribution in [0.3, 0.4) is 0 Å². The first-order chi connectivity index (χ1) is 8.13. The number of nitrogens with one attached hydrogen (secondary N) is 1. The molecule has 5 heteroatoms. The summed E-state index contributed by atoms with van der Waals surface area (Å²) in [5.74, 6) is -0.672. The lowest BCUT2D eigenvalue weighted by molar-refractivity contribution is -0.153. The molecule has 1 aromatic heterocycles. The van der Waals surface area contributed by atoms with Crippen molar-refractivity contribution >= 4 is 28.5 Å². The van der Waals surface area contributed by atoms with Crippen LogP contribution in [0.2, 0.25) is 5.02 Å². The van der Waals surface area contributed by atoms with Crippen molar-refractivity contribution in [2.75, 3.05) is 6.61 Å². The fourth-order valence-electron chi connectivity index (χ4n) is 1.66. The van der Waals surface area contributed by atoms with Crippen LogP contribution in [0, 0.1) is 0 Å². The molecule has 0 bridgehead atoms. The fraction of sp³-hybridized carbons (Fsp3) is 0.250. The highest BCUT2D eigenvalue weighted by Gasteiger charge is 2.20. The molecule has 2 rings (SSSR count). The lowest BCUT2D eigenvalue weighted by Crippen LogP contribution is -2.15. The van der Waals surface area contributed by atoms with Gasteiger partial charge in [-0.1, -0.05) is 11.6 Å². The molecule has 0 amide bonds. The molecule has 0 spiro atoms. The molecule has 1 aromatic carbocycles. The van der Waals surface area contributed by atoms with Gasteiger partial charge in [-0.15, -0.1) is 0 Å². The normalized spacial score (nSPS) is 12.6. The molecule has 1 unspecified atom stereocenters. The number of hydrogen-bond donors (Lipinski definition) is 2. The number of rotatable bonds is 3. The van der Waals surface area contributed by atoms with Gasteiger partial charge in [0, 0.05) is 17.1 Å². The highest BCUT2D eigenvalue weighted by molar-refractivity contribution is 6.35. The van der Waals surface area contributed by atoms with Gasteiger partial charge in [0.2, 0.25) is 0 Å². The molecule has 0 saturated heterocycles. The second kappa shape index (κ2) is 4.77. The van der Waals surface area contributed by atoms with E-state index in [-0.39, 0.29) is 6.61 Å². The maximum atomic E-state index is 11.4. The Balaban J connectivity index is 2.38. The largest absolute Gasteiger partial charge is 0.464 e. The Labute approximate surface area is 103 Å². The van der Waals surface area contributed by atoms with Crippen LogP contribution in [-0.2, 0) is 9.53 Å². The number of aliphatic hydroxyl groups is 1. The first-order valence-electron chi connectivity index (χ1n) is 5.24. The van der Waals surface area contributed by atoms with Gasteiger partial charge >= 0.3 is 5.97 Å². The molecule has 0 saturated carbocycles. The maximum Gasteiger partial charge on any atom is 0.339 e. The van der Waals surface area contributed by atoms with E-state index < -0.39 is 12.1 Å². The van der Waals surface area contributed by atoms with Crippen molar-refractivity contribution in [3.63, 3.8) is 0 Å². The van der Waals surface area contributed by atoms with Crippen LogP contribution in [0.1, 0.15) is 18.6 Å². The molecular formula is C12H12ClNO3. The van der Waals surface area contributed by atoms with E-state index in [4.69, 9.17) is 16.3 Å². The molecule has 0 aliphatic carbocycles. The zero-order chi connectivity index (χ0) is 12.4. The van der Waals surface area contributed by atoms with Gasteiger partial charge in [0.05, 0.1) is 11.6 Å². The molecule has 2 aromatic rings. The molecule has 1 atom stereocenters. The third-order valence-corrected chi connectivity index (χ3v) is 2.78. The smallest absolute Gasteiger partial charge is 0.339 e. The summed E-state index contributed by atoms with van der Waals surface area (Å²) in [7, 11) is 0. The Bertz CT molecular complexity index is 550. The number of H-pyrrole nitrogens is 1. The van der Waals surface area contributed by atoms with Gasteiger partial charge in [-0.25, -0.2) is 4.79 Å². The number of aliphatic hydroxyl groups excluding tert-OH is 1. The van der Waals surface area contributed by atoms with Crippen molar-refractivity contribution in [2.45, 2.75) is 13.0 Å². The van der Waals surface area contributed by atoms with E-state index in [0.29, 0.717) is 10.6 Å². The molecule has 90 valence electrons. The Hall–Kier alpha value is -1.52. The van der Waals surface area contributed by atoms with E-state index in [1.54, 1.807) is 25.3 Å². The van der Waals surface area contributed by atoms with Crippen molar-refractivity contribution in [3.8, 4) is 0 Å². The van der Waals surface area contributed by atoms with Crippen LogP contribution >= 0.6 is 11.6 Å². The molecular weight excluding hydrogens is 242 g/mol. The minimum atomic E-state index is -1.31. The van der Waals surface area contributed by atoms with Gasteiger partial charge in [-0.05, 0) is 30.7 Å². The summed E-state index contributed by atoms with van der Waals surface area (Å²) in [5, 5.41) is 11.1. The molecule has 17 heavy (non-hydrogen) atoms. The minimum absolute atomic E-state index is 0.231. The summed E-state index contributed by atoms with van der Waals surface area (Å²) in [5.41, 5.74) is 1.19. The molecule has 0 aliphatic heterocycles. The van der Waals surface area contributed by atoms with Crippen molar-refractivity contribution in [2.24, 2.45) is 0 Å². The average molecular weight is 254 g/mol. The third-order valence-electron chi connectivity index (χ3n) is 2.47. The van der Waals surface area contributed by atoms with Gasteiger partial charge in [-0.3, -0.25) is 0 Å². The lowest BCUT2D eigenvalue weighted by atomic mass is 10.1. The van der Waals surface area contributed by atoms with Crippen LogP contribution in [-0.4, -0.2) is 22.7 Å². The first kappa shape index (κ1) is 12.0. The van der Waals surface area contributed by atoms with Crippen LogP contribution in [0.25, 0.3) is 10.9 Å². The minimum Gasteiger partial charge on any atom is -0.464 e. The van der Waals surface area contributed by atoms with Crippen LogP contribution in [0.15, 0.2) is 24.4 Å². The molecule has 4 nitrogen and oxygen atoms in total. The van der Waals surface area contributed by atoms with E-state index in [2.05, 4.69) is 4.98 Å². The molecule has 0 radical (unpaired) electrons. The zero-order valence-electron chi connectivity index (χ0n) is 9.24. The van der Waals surface area contributed by atoms with Gasteiger partial charge in [0.25, 0.3) is 0 Å². The lowest BCUT2D eigenvalue weighted by Gasteiger charge is -2.10. The number of ether oxygens (including phenoxy) is 1. The number of benzene rings is 1. The van der Waals surface area contributed by atoms with E-state index in [9.17, 15) is 9.90 Å². The maximum absolute atomic E-state index is 11.4. The number of fused-ring (bicyclic) bond motifs is 1. The van der Waals surface area contributed by atoms with Gasteiger partial charge < -0.3 is 14.8 Å². The quantitative estimate of drug-likeness (QED) is 0.826. The summed E-state index contributed by atoms with van der Waals surface area (Å²) in [6, 6.07) is 5.08. The van der Waals surface area contributed by atoms with Crippen molar-refractivity contribution in [1.29, 1.82) is 0 Å². The van der Waals surface area contributed by atoms with E-state index >= 15 is 0 Å². The van der Waals surface area contributed by atoms with Gasteiger partial charge in [-0.2, -0.15) is 0 Å². The fourth-order valence-corrected chi connectivity index (χ4v) is 1.95. The predicted octanol–water partition coefficient (Wildman–Crippen LogP) is 2.42. The highest BCUT2D eigenvalue weighted by atomic mass is 35.5. The first-order valence-corrected chi connectivity index (χ1v) is 5.62. The standard InChI is InChI=1S/C12H12ClNO3/c1-2-17-12(16)11(15)7-5-9(13)8-3-4-14-10(8)6-7/h3-6,11,14-15H,2H2,1H3. The Morgan fingerprint density at radius 1 is 1.59 bits per heavy atom. The zero-order valence-corrected chi connectivity index (χ0v) is 9.99. The number of esters is 1. The van der Waals surface area contributed by atoms with Crippen LogP contribution < -0.4 is 0 Å². The van der Waals surface area contributed by atoms with E-state index in [0.717, 1.165) is 10.9 Å². The Morgan fingerprint density at radius 2 is 2.35 bits per heavy atom. The summed E-state index contributed by atoms with van der Waals surface area (Å²) >= 11 is 6.05. The number of aromatic amines is 1. The molecule has 0 fully saturated rings. The SMILES string of the molecule is CCOC(=O)C(O)c1cc(Cl)c2cc[nH]c2c1. The molecule has 2 N–H and O–H groups in total. The monoisotopic (exact) mass is 253 g/mol. The highest BCUT2D eigenvalue weighted by Crippen LogP contribution is 2.27. The predicted molar refractivity (Wildman–Crippen MR) is 64.9 cm³/mol. The number of carbonyl (C=O) groups is 1. The second-order valence-electron chi connectivity index (χ2n) is 3.60. The third kappa shape index (κ3) is 2.28. The van der Waals surface area contributed by atoms with Crippen molar-refractivity contribution < 1.29 is 14.6 Å². The van der Waals surface area contributed by atoms with Gasteiger partial charge in [0.1, 0.15) is 0 Å². The summed E-state index contributed by atoms with van der Waals surface area (Å²) in [6.45, 7) is 1.92. The van der Waals surface area contributed by atoms with Crippen LogP contribution in [0.5, 0.6) is 0 Å². The Kier molecular flexibility index (Phi) is 3.36. The summed E-state index contributed by atoms with van der Waals surface area (Å²) < 4.78 is 4.75. The van der Waals surface area contributed by atoms with Crippen molar-refractivity contribution in [3.05, 3.63) is 35.0 Å². The summed E-state index contributed by atoms with van der Waals surface area (Å²) in [4.78, 5) is 14.4. The van der Waals surface area contributed by atoms with Crippen molar-refractivity contribution in [1.82, 2.24) is 4.98 Å². The molecule has 0 aliphatic rings. The van der Waals surface area contributed by atoms with Gasteiger partial charge in [0.15, 0.2) is 6.10 Å². The number of aromatic nitrogens is 1. The second-order valence-corrected chi connectivity index (χ2v) is 4.00. The Morgan fingerprint density at radius 3 is 3.06 bits per heavy atom. The number of halogens is 1. The average Bonchev–Trinajstić information content (AvgIpc) is 2.77. The molecule has 1 heterocycles. The van der Waals surface area contributed by atoms with E-state index in [1.165, 1.54) is 0 Å². The summed E-state index contributed by atoms with van der Waals surface area (Å²) in [6.07, 6.45) is 0.442. The number of hydrogen-bond acceptors (Lipinski definition) is 3. The topological polar surface area (TPSA) is 62.3 Å². The number of carbonyl (C=O) groups excluding carboxylic acids is 1. The van der Waals surface area contributed by atoms with E-state index in [1.807, 2.05) is 6.07 Å². The van der Waals surface area contributed by atoms with Crippen LogP contribution in [0.4, 0.5) is 0 Å².